The lowest BCUT2D eigenvalue weighted by molar-refractivity contribution is -0.139. The molecule has 0 bridgehead atoms. The van der Waals surface area contributed by atoms with Gasteiger partial charge in [-0.3, -0.25) is 14.4 Å². The Bertz CT molecular complexity index is 1140. The van der Waals surface area contributed by atoms with Crippen molar-refractivity contribution < 1.29 is 27.2 Å². The number of hydrogen-bond acceptors (Lipinski definition) is 5. The zero-order valence-electron chi connectivity index (χ0n) is 19.2. The summed E-state index contributed by atoms with van der Waals surface area (Å²) in [5, 5.41) is 0.467. The Morgan fingerprint density at radius 3 is 2.06 bits per heavy atom. The van der Waals surface area contributed by atoms with Crippen molar-refractivity contribution in [3.63, 3.8) is 0 Å². The Morgan fingerprint density at radius 2 is 1.50 bits per heavy atom. The molecule has 1 aliphatic rings. The van der Waals surface area contributed by atoms with Gasteiger partial charge in [-0.2, -0.15) is 0 Å². The van der Waals surface area contributed by atoms with E-state index in [9.17, 15) is 27.2 Å². The zero-order chi connectivity index (χ0) is 24.9. The van der Waals surface area contributed by atoms with Gasteiger partial charge in [-0.05, 0) is 49.7 Å². The molecule has 10 heteroatoms. The molecule has 0 radical (unpaired) electrons. The van der Waals surface area contributed by atoms with E-state index in [2.05, 4.69) is 5.32 Å². The molecule has 1 atom stereocenters. The fourth-order valence-electron chi connectivity index (χ4n) is 3.65. The summed E-state index contributed by atoms with van der Waals surface area (Å²) in [4.78, 5) is 41.0. The summed E-state index contributed by atoms with van der Waals surface area (Å²) in [5.41, 5.74) is 1.12. The number of carbonyl (C=O) groups excluding carboxylic acids is 3. The van der Waals surface area contributed by atoms with Gasteiger partial charge in [0, 0.05) is 38.2 Å². The van der Waals surface area contributed by atoms with Crippen LogP contribution in [0.25, 0.3) is 0 Å². The molecule has 0 unspecified atom stereocenters. The SMILES string of the molecule is CCCC(=O)N1CCN(C(=O)[C@H](NC(=O)c2ccc(C)cc2)S(=O)(=O)c2ccc(F)cc2)CC1. The lowest BCUT2D eigenvalue weighted by Gasteiger charge is -2.36. The van der Waals surface area contributed by atoms with Crippen LogP contribution >= 0.6 is 0 Å². The fourth-order valence-corrected chi connectivity index (χ4v) is 5.12. The highest BCUT2D eigenvalue weighted by Gasteiger charge is 2.39. The zero-order valence-corrected chi connectivity index (χ0v) is 20.0. The molecular formula is C24H28FN3O5S. The van der Waals surface area contributed by atoms with E-state index in [0.717, 1.165) is 29.8 Å². The maximum Gasteiger partial charge on any atom is 0.261 e. The molecule has 2 aromatic rings. The highest BCUT2D eigenvalue weighted by atomic mass is 32.2. The van der Waals surface area contributed by atoms with Gasteiger partial charge in [-0.15, -0.1) is 0 Å². The van der Waals surface area contributed by atoms with Crippen molar-refractivity contribution in [2.75, 3.05) is 26.2 Å². The average Bonchev–Trinajstić information content (AvgIpc) is 2.83. The first-order chi connectivity index (χ1) is 16.1. The van der Waals surface area contributed by atoms with E-state index in [4.69, 9.17) is 0 Å². The number of benzene rings is 2. The van der Waals surface area contributed by atoms with E-state index in [0.29, 0.717) is 12.8 Å². The molecule has 2 aromatic carbocycles. The molecule has 1 heterocycles. The maximum absolute atomic E-state index is 13.4. The summed E-state index contributed by atoms with van der Waals surface area (Å²) in [6, 6.07) is 10.6. The molecule has 1 fully saturated rings. The minimum absolute atomic E-state index is 0.0160. The number of amides is 3. The lowest BCUT2D eigenvalue weighted by Crippen LogP contribution is -2.57. The van der Waals surface area contributed by atoms with Crippen molar-refractivity contribution in [1.29, 1.82) is 0 Å². The van der Waals surface area contributed by atoms with Crippen LogP contribution in [-0.2, 0) is 19.4 Å². The van der Waals surface area contributed by atoms with Crippen molar-refractivity contribution in [3.05, 3.63) is 65.5 Å². The van der Waals surface area contributed by atoms with Crippen LogP contribution < -0.4 is 5.32 Å². The number of piperazine rings is 1. The van der Waals surface area contributed by atoms with Gasteiger partial charge in [-0.25, -0.2) is 12.8 Å². The van der Waals surface area contributed by atoms with Crippen molar-refractivity contribution >= 4 is 27.6 Å². The number of aryl methyl sites for hydroxylation is 1. The Hall–Kier alpha value is -3.27. The van der Waals surface area contributed by atoms with Crippen LogP contribution in [0.2, 0.25) is 0 Å². The monoisotopic (exact) mass is 489 g/mol. The van der Waals surface area contributed by atoms with Crippen LogP contribution in [0.1, 0.15) is 35.7 Å². The Labute approximate surface area is 198 Å². The van der Waals surface area contributed by atoms with E-state index >= 15 is 0 Å². The average molecular weight is 490 g/mol. The van der Waals surface area contributed by atoms with Crippen LogP contribution in [0.15, 0.2) is 53.4 Å². The van der Waals surface area contributed by atoms with E-state index in [1.807, 2.05) is 13.8 Å². The molecule has 3 rings (SSSR count). The predicted octanol–water partition coefficient (Wildman–Crippen LogP) is 2.13. The molecule has 1 saturated heterocycles. The molecule has 0 spiro atoms. The van der Waals surface area contributed by atoms with Gasteiger partial charge in [0.2, 0.25) is 21.1 Å². The molecule has 8 nitrogen and oxygen atoms in total. The Kier molecular flexibility index (Phi) is 8.03. The number of hydrogen-bond donors (Lipinski definition) is 1. The van der Waals surface area contributed by atoms with Crippen LogP contribution in [0, 0.1) is 12.7 Å². The third kappa shape index (κ3) is 5.80. The highest BCUT2D eigenvalue weighted by Crippen LogP contribution is 2.19. The smallest absolute Gasteiger partial charge is 0.261 e. The highest BCUT2D eigenvalue weighted by molar-refractivity contribution is 7.92. The number of nitrogens with one attached hydrogen (secondary N) is 1. The molecule has 1 aliphatic heterocycles. The molecule has 0 aromatic heterocycles. The second-order valence-corrected chi connectivity index (χ2v) is 10.2. The first kappa shape index (κ1) is 25.4. The largest absolute Gasteiger partial charge is 0.339 e. The minimum atomic E-state index is -4.39. The molecule has 3 amide bonds. The molecule has 34 heavy (non-hydrogen) atoms. The first-order valence-electron chi connectivity index (χ1n) is 11.1. The maximum atomic E-state index is 13.4. The number of halogens is 1. The van der Waals surface area contributed by atoms with E-state index < -0.39 is 32.8 Å². The molecule has 0 aliphatic carbocycles. The number of rotatable bonds is 7. The van der Waals surface area contributed by atoms with E-state index in [-0.39, 0.29) is 42.5 Å². The van der Waals surface area contributed by atoms with Gasteiger partial charge >= 0.3 is 0 Å². The lowest BCUT2D eigenvalue weighted by atomic mass is 10.1. The topological polar surface area (TPSA) is 104 Å². The predicted molar refractivity (Wildman–Crippen MR) is 124 cm³/mol. The number of sulfone groups is 1. The van der Waals surface area contributed by atoms with Gasteiger partial charge in [0.15, 0.2) is 0 Å². The van der Waals surface area contributed by atoms with Gasteiger partial charge in [-0.1, -0.05) is 24.6 Å². The normalized spacial score (nSPS) is 15.0. The quantitative estimate of drug-likeness (QED) is 0.600. The number of nitrogens with zero attached hydrogens (tertiary/aromatic N) is 2. The second kappa shape index (κ2) is 10.8. The first-order valence-corrected chi connectivity index (χ1v) is 12.6. The van der Waals surface area contributed by atoms with Crippen LogP contribution in [0.4, 0.5) is 4.39 Å². The fraction of sp³-hybridized carbons (Fsp3) is 0.375. The third-order valence-electron chi connectivity index (χ3n) is 5.66. The number of carbonyl (C=O) groups is 3. The van der Waals surface area contributed by atoms with Gasteiger partial charge in [0.05, 0.1) is 4.90 Å². The van der Waals surface area contributed by atoms with Gasteiger partial charge in [0.1, 0.15) is 5.82 Å². The van der Waals surface area contributed by atoms with Gasteiger partial charge < -0.3 is 15.1 Å². The molecule has 0 saturated carbocycles. The van der Waals surface area contributed by atoms with Crippen LogP contribution in [0.5, 0.6) is 0 Å². The third-order valence-corrected chi connectivity index (χ3v) is 7.53. The summed E-state index contributed by atoms with van der Waals surface area (Å²) in [6.45, 7) is 4.59. The van der Waals surface area contributed by atoms with Crippen LogP contribution in [0.3, 0.4) is 0 Å². The standard InChI is InChI=1S/C24H28FN3O5S/c1-3-4-21(29)27-13-15-28(16-14-27)24(31)23(26-22(30)18-7-5-17(2)6-8-18)34(32,33)20-11-9-19(25)10-12-20/h5-12,23H,3-4,13-16H2,1-2H3,(H,26,30)/t23-/m1/s1. The minimum Gasteiger partial charge on any atom is -0.339 e. The summed E-state index contributed by atoms with van der Waals surface area (Å²) in [5.74, 6) is -2.16. The van der Waals surface area contributed by atoms with Crippen molar-refractivity contribution in [1.82, 2.24) is 15.1 Å². The molecule has 182 valence electrons. The van der Waals surface area contributed by atoms with Crippen molar-refractivity contribution in [3.8, 4) is 0 Å². The molecule has 1 N–H and O–H groups in total. The second-order valence-electron chi connectivity index (χ2n) is 8.17. The summed E-state index contributed by atoms with van der Waals surface area (Å²) in [7, 11) is -4.39. The Balaban J connectivity index is 1.86. The Morgan fingerprint density at radius 1 is 0.941 bits per heavy atom. The summed E-state index contributed by atoms with van der Waals surface area (Å²) < 4.78 is 40.1. The van der Waals surface area contributed by atoms with Gasteiger partial charge in [0.25, 0.3) is 11.8 Å². The molecular weight excluding hydrogens is 461 g/mol. The summed E-state index contributed by atoms with van der Waals surface area (Å²) >= 11 is 0. The summed E-state index contributed by atoms with van der Waals surface area (Å²) in [6.07, 6.45) is 1.11. The van der Waals surface area contributed by atoms with E-state index in [1.165, 1.54) is 17.0 Å². The van der Waals surface area contributed by atoms with E-state index in [1.54, 1.807) is 17.0 Å². The van der Waals surface area contributed by atoms with Crippen molar-refractivity contribution in [2.45, 2.75) is 37.0 Å². The van der Waals surface area contributed by atoms with Crippen molar-refractivity contribution in [2.24, 2.45) is 0 Å². The van der Waals surface area contributed by atoms with Crippen LogP contribution in [-0.4, -0.2) is 67.5 Å².